The van der Waals surface area contributed by atoms with Crippen molar-refractivity contribution in [1.29, 1.82) is 0 Å². The molecule has 3 atom stereocenters. The third kappa shape index (κ3) is 5.24. The zero-order valence-electron chi connectivity index (χ0n) is 19.0. The summed E-state index contributed by atoms with van der Waals surface area (Å²) in [5.74, 6) is -1.01. The molecule has 0 aromatic heterocycles. The highest BCUT2D eigenvalue weighted by molar-refractivity contribution is 7.89. The van der Waals surface area contributed by atoms with Crippen LogP contribution in [0.3, 0.4) is 0 Å². The molecule has 184 valence electrons. The van der Waals surface area contributed by atoms with E-state index in [1.807, 2.05) is 6.92 Å². The zero-order chi connectivity index (χ0) is 24.3. The number of nitrogens with zero attached hydrogens (tertiary/aromatic N) is 2. The molecule has 2 aromatic carbocycles. The Kier molecular flexibility index (Phi) is 7.49. The normalized spacial score (nSPS) is 24.1. The van der Waals surface area contributed by atoms with E-state index in [4.69, 9.17) is 4.74 Å². The molecular weight excluding hydrogens is 464 g/mol. The maximum atomic E-state index is 14.0. The van der Waals surface area contributed by atoms with Crippen LogP contribution in [0.25, 0.3) is 0 Å². The fourth-order valence-corrected chi connectivity index (χ4v) is 6.54. The number of carbonyl (C=O) groups excluding carboxylic acids is 1. The molecule has 10 heteroatoms. The van der Waals surface area contributed by atoms with Gasteiger partial charge >= 0.3 is 6.09 Å². The SMILES string of the molecule is C[C@H]1CNCCN1C(=O)OC[C@H]1CCC[C@@H](c2cccc(F)c2)N1S(=O)(=O)c1ccc(F)cc1. The van der Waals surface area contributed by atoms with Crippen LogP contribution in [0.5, 0.6) is 0 Å². The molecule has 0 unspecified atom stereocenters. The summed E-state index contributed by atoms with van der Waals surface area (Å²) in [7, 11) is -4.09. The van der Waals surface area contributed by atoms with Crippen LogP contribution in [0.4, 0.5) is 13.6 Å². The Balaban J connectivity index is 1.63. The van der Waals surface area contributed by atoms with E-state index >= 15 is 0 Å². The van der Waals surface area contributed by atoms with Gasteiger partial charge in [0.2, 0.25) is 10.0 Å². The predicted octanol–water partition coefficient (Wildman–Crippen LogP) is 3.68. The lowest BCUT2D eigenvalue weighted by molar-refractivity contribution is 0.0500. The number of halogens is 2. The standard InChI is InChI=1S/C24H29F2N3O4S/c1-17-15-27-12-13-28(17)24(30)33-16-21-6-3-7-23(18-4-2-5-20(26)14-18)29(21)34(31,32)22-10-8-19(25)9-11-22/h2,4-5,8-11,14,17,21,23,27H,3,6-7,12-13,15-16H2,1H3/t17-,21+,23-/m0/s1. The summed E-state index contributed by atoms with van der Waals surface area (Å²) < 4.78 is 61.9. The molecule has 2 aliphatic heterocycles. The third-order valence-electron chi connectivity index (χ3n) is 6.44. The van der Waals surface area contributed by atoms with Gasteiger partial charge in [-0.2, -0.15) is 4.31 Å². The van der Waals surface area contributed by atoms with Crippen molar-refractivity contribution in [3.8, 4) is 0 Å². The smallest absolute Gasteiger partial charge is 0.410 e. The molecule has 2 aliphatic rings. The van der Waals surface area contributed by atoms with Crippen molar-refractivity contribution in [2.75, 3.05) is 26.2 Å². The number of rotatable bonds is 5. The second-order valence-electron chi connectivity index (χ2n) is 8.77. The first-order valence-corrected chi connectivity index (χ1v) is 12.9. The summed E-state index contributed by atoms with van der Waals surface area (Å²) in [5.41, 5.74) is 0.525. The van der Waals surface area contributed by atoms with Crippen molar-refractivity contribution >= 4 is 16.1 Å². The first-order valence-electron chi connectivity index (χ1n) is 11.5. The molecule has 34 heavy (non-hydrogen) atoms. The largest absolute Gasteiger partial charge is 0.448 e. The van der Waals surface area contributed by atoms with E-state index in [-0.39, 0.29) is 17.5 Å². The minimum absolute atomic E-state index is 0.0355. The number of ether oxygens (including phenoxy) is 1. The molecule has 1 N–H and O–H groups in total. The van der Waals surface area contributed by atoms with Crippen LogP contribution in [0.15, 0.2) is 53.4 Å². The molecule has 2 aromatic rings. The summed E-state index contributed by atoms with van der Waals surface area (Å²) in [6, 6.07) is 9.17. The Morgan fingerprint density at radius 1 is 1.12 bits per heavy atom. The fourth-order valence-electron chi connectivity index (χ4n) is 4.69. The molecule has 0 spiro atoms. The Morgan fingerprint density at radius 2 is 1.88 bits per heavy atom. The predicted molar refractivity (Wildman–Crippen MR) is 123 cm³/mol. The quantitative estimate of drug-likeness (QED) is 0.688. The zero-order valence-corrected chi connectivity index (χ0v) is 19.8. The highest BCUT2D eigenvalue weighted by Gasteiger charge is 2.41. The molecular formula is C24H29F2N3O4S. The molecule has 0 aliphatic carbocycles. The molecule has 0 saturated carbocycles. The van der Waals surface area contributed by atoms with Gasteiger partial charge in [0.05, 0.1) is 17.0 Å². The highest BCUT2D eigenvalue weighted by Crippen LogP contribution is 2.39. The number of carbonyl (C=O) groups is 1. The number of nitrogens with one attached hydrogen (secondary N) is 1. The van der Waals surface area contributed by atoms with Gasteiger partial charge < -0.3 is 15.0 Å². The first kappa shape index (κ1) is 24.6. The van der Waals surface area contributed by atoms with Crippen molar-refractivity contribution in [3.05, 3.63) is 65.7 Å². The van der Waals surface area contributed by atoms with Gasteiger partial charge in [0.1, 0.15) is 18.2 Å². The van der Waals surface area contributed by atoms with E-state index in [9.17, 15) is 22.0 Å². The van der Waals surface area contributed by atoms with Crippen molar-refractivity contribution in [3.63, 3.8) is 0 Å². The lowest BCUT2D eigenvalue weighted by atomic mass is 9.93. The number of benzene rings is 2. The number of sulfonamides is 1. The van der Waals surface area contributed by atoms with Gasteiger partial charge in [0, 0.05) is 25.7 Å². The van der Waals surface area contributed by atoms with Crippen molar-refractivity contribution in [2.45, 2.75) is 49.2 Å². The van der Waals surface area contributed by atoms with Crippen LogP contribution in [0, 0.1) is 11.6 Å². The maximum Gasteiger partial charge on any atom is 0.410 e. The van der Waals surface area contributed by atoms with E-state index in [0.29, 0.717) is 44.5 Å². The lowest BCUT2D eigenvalue weighted by Gasteiger charge is -2.41. The van der Waals surface area contributed by atoms with Gasteiger partial charge in [-0.05, 0) is 68.1 Å². The Labute approximate surface area is 198 Å². The lowest BCUT2D eigenvalue weighted by Crippen LogP contribution is -2.53. The third-order valence-corrected chi connectivity index (χ3v) is 8.42. The maximum absolute atomic E-state index is 14.0. The van der Waals surface area contributed by atoms with Gasteiger partial charge in [-0.15, -0.1) is 0 Å². The number of piperidine rings is 1. The molecule has 2 heterocycles. The molecule has 7 nitrogen and oxygen atoms in total. The Morgan fingerprint density at radius 3 is 2.59 bits per heavy atom. The Hall–Kier alpha value is -2.56. The van der Waals surface area contributed by atoms with E-state index < -0.39 is 39.8 Å². The van der Waals surface area contributed by atoms with Crippen LogP contribution in [0.1, 0.15) is 37.8 Å². The minimum atomic E-state index is -4.09. The molecule has 0 bridgehead atoms. The minimum Gasteiger partial charge on any atom is -0.448 e. The van der Waals surface area contributed by atoms with Crippen molar-refractivity contribution in [1.82, 2.24) is 14.5 Å². The van der Waals surface area contributed by atoms with E-state index in [2.05, 4.69) is 5.32 Å². The summed E-state index contributed by atoms with van der Waals surface area (Å²) in [4.78, 5) is 14.3. The van der Waals surface area contributed by atoms with Gasteiger partial charge in [-0.1, -0.05) is 12.1 Å². The summed E-state index contributed by atoms with van der Waals surface area (Å²) in [6.45, 7) is 3.62. The van der Waals surface area contributed by atoms with Crippen LogP contribution >= 0.6 is 0 Å². The van der Waals surface area contributed by atoms with Gasteiger partial charge in [0.25, 0.3) is 0 Å². The molecule has 1 amide bonds. The first-order chi connectivity index (χ1) is 16.3. The molecule has 0 radical (unpaired) electrons. The van der Waals surface area contributed by atoms with E-state index in [0.717, 1.165) is 12.1 Å². The number of piperazine rings is 1. The van der Waals surface area contributed by atoms with Crippen molar-refractivity contribution in [2.24, 2.45) is 0 Å². The van der Waals surface area contributed by atoms with Crippen LogP contribution in [0.2, 0.25) is 0 Å². The Bertz CT molecular complexity index is 1110. The molecule has 2 fully saturated rings. The summed E-state index contributed by atoms with van der Waals surface area (Å²) in [6.07, 6.45) is 1.17. The molecule has 2 saturated heterocycles. The van der Waals surface area contributed by atoms with Gasteiger partial charge in [-0.25, -0.2) is 22.0 Å². The number of hydrogen-bond acceptors (Lipinski definition) is 5. The summed E-state index contributed by atoms with van der Waals surface area (Å²) >= 11 is 0. The fraction of sp³-hybridized carbons (Fsp3) is 0.458. The second kappa shape index (κ2) is 10.4. The van der Waals surface area contributed by atoms with Gasteiger partial charge in [-0.3, -0.25) is 0 Å². The second-order valence-corrected chi connectivity index (χ2v) is 10.6. The average Bonchev–Trinajstić information content (AvgIpc) is 2.83. The average molecular weight is 494 g/mol. The highest BCUT2D eigenvalue weighted by atomic mass is 32.2. The van der Waals surface area contributed by atoms with E-state index in [1.54, 1.807) is 17.0 Å². The number of hydrogen-bond donors (Lipinski definition) is 1. The molecule has 4 rings (SSSR count). The monoisotopic (exact) mass is 493 g/mol. The van der Waals surface area contributed by atoms with Crippen LogP contribution in [-0.2, 0) is 14.8 Å². The summed E-state index contributed by atoms with van der Waals surface area (Å²) in [5, 5.41) is 3.21. The topological polar surface area (TPSA) is 79.0 Å². The van der Waals surface area contributed by atoms with Gasteiger partial charge in [0.15, 0.2) is 0 Å². The van der Waals surface area contributed by atoms with Crippen molar-refractivity contribution < 1.29 is 26.7 Å². The van der Waals surface area contributed by atoms with Crippen LogP contribution in [-0.4, -0.2) is 62.0 Å². The van der Waals surface area contributed by atoms with E-state index in [1.165, 1.54) is 28.6 Å². The number of amides is 1. The van der Waals surface area contributed by atoms with Crippen LogP contribution < -0.4 is 5.32 Å².